The van der Waals surface area contributed by atoms with Gasteiger partial charge in [-0.1, -0.05) is 42.5 Å². The summed E-state index contributed by atoms with van der Waals surface area (Å²) < 4.78 is 5.26. The molecule has 1 fully saturated rings. The minimum absolute atomic E-state index is 0.0873. The number of nitrogens with two attached hydrogens (primary N) is 1. The van der Waals surface area contributed by atoms with Gasteiger partial charge < -0.3 is 15.4 Å². The Morgan fingerprint density at radius 2 is 1.93 bits per heavy atom. The molecule has 2 aromatic carbocycles. The minimum atomic E-state index is -0.0873. The van der Waals surface area contributed by atoms with E-state index in [4.69, 9.17) is 10.5 Å². The molecule has 1 aliphatic rings. The third-order valence-corrected chi connectivity index (χ3v) is 5.60. The number of benzene rings is 2. The summed E-state index contributed by atoms with van der Waals surface area (Å²) in [4.78, 5) is 23.8. The van der Waals surface area contributed by atoms with Gasteiger partial charge in [-0.3, -0.25) is 4.79 Å². The van der Waals surface area contributed by atoms with Crippen molar-refractivity contribution in [1.82, 2.24) is 14.9 Å². The van der Waals surface area contributed by atoms with Crippen molar-refractivity contribution in [3.05, 3.63) is 72.1 Å². The van der Waals surface area contributed by atoms with Crippen LogP contribution in [0, 0.1) is 0 Å². The fraction of sp³-hybridized carbons (Fsp3) is 0.292. The maximum Gasteiger partial charge on any atom is 0.223 e. The number of amides is 1. The zero-order chi connectivity index (χ0) is 20.9. The van der Waals surface area contributed by atoms with E-state index in [1.807, 2.05) is 47.4 Å². The van der Waals surface area contributed by atoms with Gasteiger partial charge in [-0.2, -0.15) is 0 Å². The molecule has 3 aromatic rings. The van der Waals surface area contributed by atoms with E-state index < -0.39 is 0 Å². The van der Waals surface area contributed by atoms with Gasteiger partial charge in [0, 0.05) is 24.7 Å². The van der Waals surface area contributed by atoms with E-state index in [1.165, 1.54) is 5.56 Å². The molecule has 1 aromatic heterocycles. The molecule has 4 rings (SSSR count). The van der Waals surface area contributed by atoms with Crippen LogP contribution in [0.4, 0.5) is 5.95 Å². The molecule has 6 heteroatoms. The molecule has 1 atom stereocenters. The first-order chi connectivity index (χ1) is 14.7. The molecule has 1 aliphatic heterocycles. The van der Waals surface area contributed by atoms with E-state index >= 15 is 0 Å². The highest BCUT2D eigenvalue weighted by Gasteiger charge is 2.32. The fourth-order valence-electron chi connectivity index (χ4n) is 4.05. The zero-order valence-corrected chi connectivity index (χ0v) is 17.1. The highest BCUT2D eigenvalue weighted by atomic mass is 16.5. The van der Waals surface area contributed by atoms with Crippen molar-refractivity contribution >= 4 is 11.9 Å². The first-order valence-electron chi connectivity index (χ1n) is 10.3. The quantitative estimate of drug-likeness (QED) is 0.673. The summed E-state index contributed by atoms with van der Waals surface area (Å²) in [5.41, 5.74) is 9.80. The van der Waals surface area contributed by atoms with Crippen molar-refractivity contribution in [2.45, 2.75) is 31.7 Å². The van der Waals surface area contributed by atoms with E-state index in [2.05, 4.69) is 22.1 Å². The molecular formula is C24H26N4O2. The molecule has 0 saturated carbocycles. The number of aromatic nitrogens is 2. The second-order valence-corrected chi connectivity index (χ2v) is 7.49. The highest BCUT2D eigenvalue weighted by molar-refractivity contribution is 5.78. The molecule has 1 saturated heterocycles. The third kappa shape index (κ3) is 4.27. The van der Waals surface area contributed by atoms with E-state index in [1.54, 1.807) is 13.3 Å². The number of rotatable bonds is 6. The molecule has 0 radical (unpaired) electrons. The lowest BCUT2D eigenvalue weighted by molar-refractivity contribution is -0.132. The Bertz CT molecular complexity index is 1010. The third-order valence-electron chi connectivity index (χ3n) is 5.60. The molecule has 154 valence electrons. The van der Waals surface area contributed by atoms with Gasteiger partial charge in [0.05, 0.1) is 18.8 Å². The number of aryl methyl sites for hydroxylation is 1. The molecule has 2 N–H and O–H groups in total. The first-order valence-corrected chi connectivity index (χ1v) is 10.3. The van der Waals surface area contributed by atoms with E-state index in [9.17, 15) is 4.79 Å². The second kappa shape index (κ2) is 8.95. The Kier molecular flexibility index (Phi) is 5.93. The fourth-order valence-corrected chi connectivity index (χ4v) is 4.05. The normalized spacial score (nSPS) is 15.9. The summed E-state index contributed by atoms with van der Waals surface area (Å²) in [6, 6.07) is 17.8. The zero-order valence-electron chi connectivity index (χ0n) is 17.1. The summed E-state index contributed by atoms with van der Waals surface area (Å²) in [7, 11) is 1.64. The van der Waals surface area contributed by atoms with Crippen LogP contribution in [0.25, 0.3) is 11.1 Å². The van der Waals surface area contributed by atoms with Gasteiger partial charge >= 0.3 is 0 Å². The summed E-state index contributed by atoms with van der Waals surface area (Å²) in [6.45, 7) is 0.740. The number of anilines is 1. The Morgan fingerprint density at radius 3 is 2.67 bits per heavy atom. The Morgan fingerprint density at radius 1 is 1.17 bits per heavy atom. The number of carbonyl (C=O) groups is 1. The van der Waals surface area contributed by atoms with Gasteiger partial charge in [0.15, 0.2) is 0 Å². The lowest BCUT2D eigenvalue weighted by Crippen LogP contribution is -2.31. The molecule has 2 heterocycles. The van der Waals surface area contributed by atoms with E-state index in [-0.39, 0.29) is 17.9 Å². The van der Waals surface area contributed by atoms with Crippen LogP contribution in [0.5, 0.6) is 5.75 Å². The van der Waals surface area contributed by atoms with Crippen LogP contribution < -0.4 is 10.5 Å². The molecular weight excluding hydrogens is 376 g/mol. The Hall–Kier alpha value is -3.41. The summed E-state index contributed by atoms with van der Waals surface area (Å²) in [5, 5.41) is 0. The Balaban J connectivity index is 1.58. The van der Waals surface area contributed by atoms with Crippen molar-refractivity contribution in [3.8, 4) is 16.9 Å². The number of hydrogen-bond acceptors (Lipinski definition) is 5. The smallest absolute Gasteiger partial charge is 0.223 e. The van der Waals surface area contributed by atoms with Gasteiger partial charge in [-0.25, -0.2) is 9.97 Å². The predicted octanol–water partition coefficient (Wildman–Crippen LogP) is 4.03. The number of likely N-dealkylation sites (tertiary alicyclic amines) is 1. The number of ether oxygens (including phenoxy) is 1. The minimum Gasteiger partial charge on any atom is -0.497 e. The van der Waals surface area contributed by atoms with Crippen LogP contribution in [0.2, 0.25) is 0 Å². The molecule has 1 amide bonds. The van der Waals surface area contributed by atoms with Crippen LogP contribution in [-0.2, 0) is 11.2 Å². The average Bonchev–Trinajstić information content (AvgIpc) is 3.28. The number of hydrogen-bond donors (Lipinski definition) is 1. The van der Waals surface area contributed by atoms with E-state index in [0.29, 0.717) is 6.42 Å². The predicted molar refractivity (Wildman–Crippen MR) is 117 cm³/mol. The van der Waals surface area contributed by atoms with Gasteiger partial charge in [-0.15, -0.1) is 0 Å². The van der Waals surface area contributed by atoms with Gasteiger partial charge in [0.2, 0.25) is 11.9 Å². The van der Waals surface area contributed by atoms with Gasteiger partial charge in [-0.05, 0) is 42.5 Å². The van der Waals surface area contributed by atoms with Crippen LogP contribution in [0.15, 0.2) is 60.8 Å². The van der Waals surface area contributed by atoms with Gasteiger partial charge in [0.1, 0.15) is 5.75 Å². The highest BCUT2D eigenvalue weighted by Crippen LogP contribution is 2.37. The van der Waals surface area contributed by atoms with Crippen LogP contribution in [0.1, 0.15) is 36.6 Å². The molecule has 0 spiro atoms. The maximum atomic E-state index is 13.1. The number of carbonyl (C=O) groups excluding carboxylic acids is 1. The lowest BCUT2D eigenvalue weighted by Gasteiger charge is -2.26. The summed E-state index contributed by atoms with van der Waals surface area (Å²) in [5.74, 6) is 1.17. The number of nitrogen functional groups attached to an aromatic ring is 1. The topological polar surface area (TPSA) is 81.3 Å². The largest absolute Gasteiger partial charge is 0.497 e. The van der Waals surface area contributed by atoms with E-state index in [0.717, 1.165) is 48.4 Å². The molecule has 6 nitrogen and oxygen atoms in total. The van der Waals surface area contributed by atoms with Crippen LogP contribution in [0.3, 0.4) is 0 Å². The Labute approximate surface area is 176 Å². The first kappa shape index (κ1) is 19.9. The van der Waals surface area contributed by atoms with Crippen molar-refractivity contribution in [3.63, 3.8) is 0 Å². The van der Waals surface area contributed by atoms with Crippen molar-refractivity contribution in [1.29, 1.82) is 0 Å². The standard InChI is InChI=1S/C24H26N4O2/c1-30-19-12-10-18(11-13-19)20-16-26-24(25)27-23(20)21-8-5-15-28(21)22(29)14-9-17-6-3-2-4-7-17/h2-4,6-7,10-13,16,21H,5,8-9,14-15H2,1H3,(H2,25,26,27)/t21-/m1/s1. The van der Waals surface area contributed by atoms with Crippen LogP contribution >= 0.6 is 0 Å². The lowest BCUT2D eigenvalue weighted by atomic mass is 9.99. The second-order valence-electron chi connectivity index (χ2n) is 7.49. The van der Waals surface area contributed by atoms with Crippen molar-refractivity contribution < 1.29 is 9.53 Å². The van der Waals surface area contributed by atoms with Crippen molar-refractivity contribution in [2.75, 3.05) is 19.4 Å². The maximum absolute atomic E-state index is 13.1. The summed E-state index contributed by atoms with van der Waals surface area (Å²) >= 11 is 0. The number of methoxy groups -OCH3 is 1. The summed E-state index contributed by atoms with van der Waals surface area (Å²) in [6.07, 6.45) is 4.80. The monoisotopic (exact) mass is 402 g/mol. The average molecular weight is 402 g/mol. The molecule has 30 heavy (non-hydrogen) atoms. The van der Waals surface area contributed by atoms with Crippen LogP contribution in [-0.4, -0.2) is 34.4 Å². The van der Waals surface area contributed by atoms with Gasteiger partial charge in [0.25, 0.3) is 0 Å². The number of nitrogens with zero attached hydrogens (tertiary/aromatic N) is 3. The molecule has 0 bridgehead atoms. The molecule has 0 aliphatic carbocycles. The van der Waals surface area contributed by atoms with Crippen molar-refractivity contribution in [2.24, 2.45) is 0 Å². The SMILES string of the molecule is COc1ccc(-c2cnc(N)nc2[C@H]2CCCN2C(=O)CCc2ccccc2)cc1. The molecule has 0 unspecified atom stereocenters.